The number of hydrogen-bond donors (Lipinski definition) is 0. The summed E-state index contributed by atoms with van der Waals surface area (Å²) in [6.45, 7) is 10.9. The molecule has 2 nitrogen and oxygen atoms in total. The van der Waals surface area contributed by atoms with E-state index >= 15 is 0 Å². The van der Waals surface area contributed by atoms with Crippen molar-refractivity contribution in [1.82, 2.24) is 9.13 Å². The first-order valence-corrected chi connectivity index (χ1v) is 15.2. The molecule has 0 spiro atoms. The summed E-state index contributed by atoms with van der Waals surface area (Å²) in [5.41, 5.74) is 8.65. The van der Waals surface area contributed by atoms with Crippen molar-refractivity contribution >= 4 is 49.2 Å². The molecule has 0 radical (unpaired) electrons. The molecule has 0 aliphatic rings. The van der Waals surface area contributed by atoms with Gasteiger partial charge in [-0.1, -0.05) is 143 Å². The standard InChI is InChI=1S/C36H28N2.2C2H6/c1-2-13-26(27-14-5-3-6-15-27)24-25-37-33-20-11-9-18-29(33)31-22-23-32-30-19-10-12-21-34(30)38(36(32)35(31)37)28-16-7-4-8-17-28;2*1-2/h2-24H,25H2,1H3;2*1-2H3/b13-2-,26-24+;;. The van der Waals surface area contributed by atoms with E-state index < -0.39 is 0 Å². The van der Waals surface area contributed by atoms with Crippen LogP contribution >= 0.6 is 0 Å². The summed E-state index contributed by atoms with van der Waals surface area (Å²) in [4.78, 5) is 0. The lowest BCUT2D eigenvalue weighted by atomic mass is 10.1. The van der Waals surface area contributed by atoms with Crippen LogP contribution in [0.3, 0.4) is 0 Å². The maximum Gasteiger partial charge on any atom is 0.0785 e. The molecule has 0 N–H and O–H groups in total. The Labute approximate surface area is 249 Å². The van der Waals surface area contributed by atoms with E-state index in [0.29, 0.717) is 0 Å². The molecule has 0 fully saturated rings. The van der Waals surface area contributed by atoms with Gasteiger partial charge in [-0.05, 0) is 42.3 Å². The fourth-order valence-electron chi connectivity index (χ4n) is 5.90. The second-order valence-corrected chi connectivity index (χ2v) is 9.70. The summed E-state index contributed by atoms with van der Waals surface area (Å²) in [6.07, 6.45) is 6.69. The van der Waals surface area contributed by atoms with E-state index in [9.17, 15) is 0 Å². The van der Waals surface area contributed by atoms with Crippen molar-refractivity contribution in [3.63, 3.8) is 0 Å². The van der Waals surface area contributed by atoms with Crippen LogP contribution in [0.4, 0.5) is 0 Å². The van der Waals surface area contributed by atoms with Crippen LogP contribution in [0.25, 0.3) is 54.9 Å². The third-order valence-corrected chi connectivity index (χ3v) is 7.53. The molecule has 210 valence electrons. The summed E-state index contributed by atoms with van der Waals surface area (Å²) < 4.78 is 4.94. The van der Waals surface area contributed by atoms with Gasteiger partial charge in [0.2, 0.25) is 0 Å². The van der Waals surface area contributed by atoms with Crippen LogP contribution in [0.15, 0.2) is 140 Å². The molecule has 42 heavy (non-hydrogen) atoms. The zero-order chi connectivity index (χ0) is 29.5. The molecule has 7 rings (SSSR count). The van der Waals surface area contributed by atoms with E-state index in [1.807, 2.05) is 27.7 Å². The third-order valence-electron chi connectivity index (χ3n) is 7.53. The second-order valence-electron chi connectivity index (χ2n) is 9.70. The Morgan fingerprint density at radius 2 is 1.07 bits per heavy atom. The molecule has 0 atom stereocenters. The van der Waals surface area contributed by atoms with Gasteiger partial charge in [-0.25, -0.2) is 0 Å². The van der Waals surface area contributed by atoms with Gasteiger partial charge in [0, 0.05) is 39.3 Å². The highest BCUT2D eigenvalue weighted by molar-refractivity contribution is 6.23. The third kappa shape index (κ3) is 5.05. The molecule has 0 saturated carbocycles. The van der Waals surface area contributed by atoms with E-state index in [4.69, 9.17) is 0 Å². The number of hydrogen-bond acceptors (Lipinski definition) is 0. The maximum atomic E-state index is 2.50. The second kappa shape index (κ2) is 13.2. The monoisotopic (exact) mass is 548 g/mol. The highest BCUT2D eigenvalue weighted by atomic mass is 15.0. The Balaban J connectivity index is 0.000000847. The number of rotatable bonds is 5. The van der Waals surface area contributed by atoms with E-state index in [2.05, 4.69) is 156 Å². The highest BCUT2D eigenvalue weighted by Crippen LogP contribution is 2.40. The molecule has 0 saturated heterocycles. The first kappa shape index (κ1) is 28.7. The number of para-hydroxylation sites is 3. The topological polar surface area (TPSA) is 9.86 Å². The minimum absolute atomic E-state index is 0.772. The number of aromatic nitrogens is 2. The smallest absolute Gasteiger partial charge is 0.0785 e. The predicted octanol–water partition coefficient (Wildman–Crippen LogP) is 11.6. The summed E-state index contributed by atoms with van der Waals surface area (Å²) in [7, 11) is 0. The normalized spacial score (nSPS) is 11.6. The van der Waals surface area contributed by atoms with Gasteiger partial charge in [-0.15, -0.1) is 0 Å². The predicted molar refractivity (Wildman–Crippen MR) is 186 cm³/mol. The summed E-state index contributed by atoms with van der Waals surface area (Å²) >= 11 is 0. The Hall–Kier alpha value is -4.82. The minimum atomic E-state index is 0.772. The zero-order valence-corrected chi connectivity index (χ0v) is 25.4. The lowest BCUT2D eigenvalue weighted by molar-refractivity contribution is 0.901. The van der Waals surface area contributed by atoms with E-state index in [1.165, 1.54) is 60.4 Å². The molecule has 2 heterocycles. The number of fused-ring (bicyclic) bond motifs is 7. The fourth-order valence-corrected chi connectivity index (χ4v) is 5.90. The Morgan fingerprint density at radius 3 is 1.71 bits per heavy atom. The van der Waals surface area contributed by atoms with E-state index in [-0.39, 0.29) is 0 Å². The molecule has 0 aliphatic heterocycles. The van der Waals surface area contributed by atoms with Crippen molar-refractivity contribution in [2.45, 2.75) is 41.2 Å². The first-order valence-electron chi connectivity index (χ1n) is 15.2. The molecule has 0 aliphatic carbocycles. The lowest BCUT2D eigenvalue weighted by Gasteiger charge is -2.12. The van der Waals surface area contributed by atoms with Crippen LogP contribution in [-0.4, -0.2) is 9.13 Å². The van der Waals surface area contributed by atoms with Crippen LogP contribution in [0, 0.1) is 0 Å². The molecule has 2 aromatic heterocycles. The van der Waals surface area contributed by atoms with Gasteiger partial charge in [0.05, 0.1) is 16.6 Å². The number of benzene rings is 5. The lowest BCUT2D eigenvalue weighted by Crippen LogP contribution is -2.00. The minimum Gasteiger partial charge on any atom is -0.335 e. The summed E-state index contributed by atoms with van der Waals surface area (Å²) in [5, 5.41) is 5.13. The van der Waals surface area contributed by atoms with Crippen LogP contribution in [0.5, 0.6) is 0 Å². The van der Waals surface area contributed by atoms with E-state index in [1.54, 1.807) is 0 Å². The quantitative estimate of drug-likeness (QED) is 0.189. The van der Waals surface area contributed by atoms with Gasteiger partial charge in [-0.3, -0.25) is 0 Å². The van der Waals surface area contributed by atoms with Crippen LogP contribution in [-0.2, 0) is 6.54 Å². The van der Waals surface area contributed by atoms with Crippen molar-refractivity contribution in [3.8, 4) is 5.69 Å². The van der Waals surface area contributed by atoms with Crippen LogP contribution in [0.1, 0.15) is 40.2 Å². The average molecular weight is 549 g/mol. The largest absolute Gasteiger partial charge is 0.335 e. The van der Waals surface area contributed by atoms with Crippen LogP contribution < -0.4 is 0 Å². The number of nitrogens with zero attached hydrogens (tertiary/aromatic N) is 2. The zero-order valence-electron chi connectivity index (χ0n) is 25.4. The number of allylic oxidation sites excluding steroid dienone is 4. The van der Waals surface area contributed by atoms with Crippen molar-refractivity contribution < 1.29 is 0 Å². The SMILES string of the molecule is C/C=C\C(=C/Cn1c2ccccc2c2ccc3c4ccccc4n(-c4ccccc4)c3c21)c1ccccc1.CC.CC. The van der Waals surface area contributed by atoms with Gasteiger partial charge in [0.1, 0.15) is 0 Å². The Kier molecular flexibility index (Phi) is 9.04. The Morgan fingerprint density at radius 1 is 0.548 bits per heavy atom. The molecule has 0 unspecified atom stereocenters. The molecular formula is C40H40N2. The molecule has 0 bridgehead atoms. The molecule has 5 aromatic carbocycles. The van der Waals surface area contributed by atoms with Crippen molar-refractivity contribution in [2.24, 2.45) is 0 Å². The molecule has 7 aromatic rings. The van der Waals surface area contributed by atoms with Gasteiger partial charge in [0.25, 0.3) is 0 Å². The fraction of sp³-hybridized carbons (Fsp3) is 0.150. The van der Waals surface area contributed by atoms with Gasteiger partial charge in [0.15, 0.2) is 0 Å². The van der Waals surface area contributed by atoms with Gasteiger partial charge in [-0.2, -0.15) is 0 Å². The van der Waals surface area contributed by atoms with Crippen LogP contribution in [0.2, 0.25) is 0 Å². The Bertz CT molecular complexity index is 1980. The summed E-state index contributed by atoms with van der Waals surface area (Å²) in [5.74, 6) is 0. The van der Waals surface area contributed by atoms with Gasteiger partial charge < -0.3 is 9.13 Å². The van der Waals surface area contributed by atoms with Gasteiger partial charge >= 0.3 is 0 Å². The van der Waals surface area contributed by atoms with E-state index in [0.717, 1.165) is 6.54 Å². The maximum absolute atomic E-state index is 2.50. The molecular weight excluding hydrogens is 508 g/mol. The first-order chi connectivity index (χ1) is 20.8. The van der Waals surface area contributed by atoms with Crippen molar-refractivity contribution in [2.75, 3.05) is 0 Å². The molecule has 2 heteroatoms. The summed E-state index contributed by atoms with van der Waals surface area (Å²) in [6, 6.07) is 43.6. The molecule has 0 amide bonds. The van der Waals surface area contributed by atoms with Crippen molar-refractivity contribution in [1.29, 1.82) is 0 Å². The highest BCUT2D eigenvalue weighted by Gasteiger charge is 2.19. The average Bonchev–Trinajstić information content (AvgIpc) is 3.58. The van der Waals surface area contributed by atoms with Crippen molar-refractivity contribution in [3.05, 3.63) is 145 Å².